The van der Waals surface area contributed by atoms with Crippen LogP contribution < -0.4 is 0 Å². The number of aromatic amines is 1. The van der Waals surface area contributed by atoms with E-state index in [1.807, 2.05) is 4.90 Å². The molecular formula is C13H23N5O. The summed E-state index contributed by atoms with van der Waals surface area (Å²) in [5.74, 6) is 1.06. The summed E-state index contributed by atoms with van der Waals surface area (Å²) in [5.41, 5.74) is 0. The van der Waals surface area contributed by atoms with Crippen molar-refractivity contribution in [2.75, 3.05) is 27.2 Å². The number of carbonyl (C=O) groups is 1. The van der Waals surface area contributed by atoms with Gasteiger partial charge in [0.25, 0.3) is 5.91 Å². The second-order valence-corrected chi connectivity index (χ2v) is 5.37. The fourth-order valence-corrected chi connectivity index (χ4v) is 2.44. The minimum atomic E-state index is -0.0508. The topological polar surface area (TPSA) is 65.1 Å². The molecule has 1 unspecified atom stereocenters. The number of aromatic nitrogens is 3. The highest BCUT2D eigenvalue weighted by atomic mass is 16.2. The lowest BCUT2D eigenvalue weighted by molar-refractivity contribution is 0.0623. The zero-order valence-electron chi connectivity index (χ0n) is 12.0. The van der Waals surface area contributed by atoms with Crippen molar-refractivity contribution in [3.63, 3.8) is 0 Å². The van der Waals surface area contributed by atoms with Crippen molar-refractivity contribution in [1.82, 2.24) is 25.0 Å². The minimum absolute atomic E-state index is 0.0508. The van der Waals surface area contributed by atoms with Gasteiger partial charge in [0.1, 0.15) is 5.82 Å². The van der Waals surface area contributed by atoms with E-state index < -0.39 is 0 Å². The third-order valence-corrected chi connectivity index (χ3v) is 3.62. The van der Waals surface area contributed by atoms with Crippen LogP contribution in [0, 0.1) is 0 Å². The molecule has 106 valence electrons. The SMILES string of the molecule is CCCc1nc(C(=O)N2CCCC(N(C)C)C2)n[nH]1. The third kappa shape index (κ3) is 3.32. The highest BCUT2D eigenvalue weighted by Crippen LogP contribution is 2.15. The quantitative estimate of drug-likeness (QED) is 0.879. The molecule has 1 aromatic heterocycles. The van der Waals surface area contributed by atoms with Gasteiger partial charge in [0.2, 0.25) is 5.82 Å². The molecule has 0 bridgehead atoms. The summed E-state index contributed by atoms with van der Waals surface area (Å²) in [4.78, 5) is 20.7. The molecule has 1 amide bonds. The van der Waals surface area contributed by atoms with Crippen molar-refractivity contribution in [1.29, 1.82) is 0 Å². The van der Waals surface area contributed by atoms with Crippen molar-refractivity contribution in [3.05, 3.63) is 11.6 Å². The van der Waals surface area contributed by atoms with Gasteiger partial charge in [-0.05, 0) is 33.4 Å². The van der Waals surface area contributed by atoms with E-state index in [1.54, 1.807) is 0 Å². The Labute approximate surface area is 114 Å². The average Bonchev–Trinajstić information content (AvgIpc) is 2.87. The van der Waals surface area contributed by atoms with Crippen LogP contribution in [0.3, 0.4) is 0 Å². The monoisotopic (exact) mass is 265 g/mol. The Morgan fingerprint density at radius 2 is 2.32 bits per heavy atom. The van der Waals surface area contributed by atoms with Crippen LogP contribution in [-0.4, -0.2) is 64.1 Å². The largest absolute Gasteiger partial charge is 0.334 e. The van der Waals surface area contributed by atoms with Gasteiger partial charge < -0.3 is 9.80 Å². The van der Waals surface area contributed by atoms with Crippen LogP contribution in [0.4, 0.5) is 0 Å². The van der Waals surface area contributed by atoms with Gasteiger partial charge in [0.15, 0.2) is 0 Å². The first-order valence-electron chi connectivity index (χ1n) is 6.98. The van der Waals surface area contributed by atoms with Gasteiger partial charge in [-0.1, -0.05) is 6.92 Å². The van der Waals surface area contributed by atoms with Crippen LogP contribution in [0.25, 0.3) is 0 Å². The number of rotatable bonds is 4. The van der Waals surface area contributed by atoms with Gasteiger partial charge >= 0.3 is 0 Å². The lowest BCUT2D eigenvalue weighted by Gasteiger charge is -2.35. The van der Waals surface area contributed by atoms with Crippen LogP contribution in [0.2, 0.25) is 0 Å². The molecule has 19 heavy (non-hydrogen) atoms. The van der Waals surface area contributed by atoms with Gasteiger partial charge in [-0.25, -0.2) is 4.98 Å². The Morgan fingerprint density at radius 3 is 3.00 bits per heavy atom. The van der Waals surface area contributed by atoms with Crippen molar-refractivity contribution in [2.24, 2.45) is 0 Å². The van der Waals surface area contributed by atoms with E-state index in [0.717, 1.165) is 44.6 Å². The highest BCUT2D eigenvalue weighted by Gasteiger charge is 2.27. The summed E-state index contributed by atoms with van der Waals surface area (Å²) in [6, 6.07) is 0.437. The van der Waals surface area contributed by atoms with E-state index in [1.165, 1.54) is 0 Å². The van der Waals surface area contributed by atoms with Crippen molar-refractivity contribution in [3.8, 4) is 0 Å². The van der Waals surface area contributed by atoms with Crippen LogP contribution in [0.5, 0.6) is 0 Å². The molecule has 1 fully saturated rings. The van der Waals surface area contributed by atoms with Crippen LogP contribution in [0.1, 0.15) is 42.6 Å². The molecule has 1 aromatic rings. The number of amides is 1. The standard InChI is InChI=1S/C13H23N5O/c1-4-6-11-14-12(16-15-11)13(19)18-8-5-7-10(9-18)17(2)3/h10H,4-9H2,1-3H3,(H,14,15,16). The maximum atomic E-state index is 12.3. The lowest BCUT2D eigenvalue weighted by Crippen LogP contribution is -2.47. The second-order valence-electron chi connectivity index (χ2n) is 5.37. The van der Waals surface area contributed by atoms with E-state index in [0.29, 0.717) is 11.9 Å². The Morgan fingerprint density at radius 1 is 1.53 bits per heavy atom. The van der Waals surface area contributed by atoms with E-state index >= 15 is 0 Å². The van der Waals surface area contributed by atoms with Gasteiger partial charge in [-0.3, -0.25) is 9.89 Å². The molecule has 1 N–H and O–H groups in total. The molecule has 0 spiro atoms. The lowest BCUT2D eigenvalue weighted by atomic mass is 10.0. The fraction of sp³-hybridized carbons (Fsp3) is 0.769. The molecule has 0 aliphatic carbocycles. The summed E-state index contributed by atoms with van der Waals surface area (Å²) < 4.78 is 0. The zero-order valence-corrected chi connectivity index (χ0v) is 12.0. The number of H-pyrrole nitrogens is 1. The number of carbonyl (C=O) groups excluding carboxylic acids is 1. The first-order chi connectivity index (χ1) is 9.11. The molecule has 2 heterocycles. The molecule has 6 heteroatoms. The van der Waals surface area contributed by atoms with E-state index in [-0.39, 0.29) is 5.91 Å². The fourth-order valence-electron chi connectivity index (χ4n) is 2.44. The molecule has 6 nitrogen and oxygen atoms in total. The number of likely N-dealkylation sites (tertiary alicyclic amines) is 1. The number of hydrogen-bond donors (Lipinski definition) is 1. The van der Waals surface area contributed by atoms with Crippen LogP contribution in [-0.2, 0) is 6.42 Å². The normalized spacial score (nSPS) is 20.0. The summed E-state index contributed by atoms with van der Waals surface area (Å²) in [6.45, 7) is 3.65. The molecule has 1 aliphatic rings. The molecular weight excluding hydrogens is 242 g/mol. The average molecular weight is 265 g/mol. The summed E-state index contributed by atoms with van der Waals surface area (Å²) in [6.07, 6.45) is 4.02. The maximum absolute atomic E-state index is 12.3. The third-order valence-electron chi connectivity index (χ3n) is 3.62. The number of nitrogens with zero attached hydrogens (tertiary/aromatic N) is 4. The molecule has 1 aliphatic heterocycles. The first-order valence-corrected chi connectivity index (χ1v) is 6.98. The second kappa shape index (κ2) is 6.14. The van der Waals surface area contributed by atoms with Gasteiger partial charge in [-0.2, -0.15) is 0 Å². The smallest absolute Gasteiger partial charge is 0.293 e. The minimum Gasteiger partial charge on any atom is -0.334 e. The molecule has 1 saturated heterocycles. The summed E-state index contributed by atoms with van der Waals surface area (Å²) in [7, 11) is 4.12. The molecule has 0 aromatic carbocycles. The van der Waals surface area contributed by atoms with Gasteiger partial charge in [-0.15, -0.1) is 5.10 Å². The molecule has 1 atom stereocenters. The Hall–Kier alpha value is -1.43. The van der Waals surface area contributed by atoms with Crippen LogP contribution in [0.15, 0.2) is 0 Å². The Balaban J connectivity index is 2.01. The number of aryl methyl sites for hydroxylation is 1. The maximum Gasteiger partial charge on any atom is 0.293 e. The van der Waals surface area contributed by atoms with Crippen LogP contribution >= 0.6 is 0 Å². The Bertz CT molecular complexity index is 428. The summed E-state index contributed by atoms with van der Waals surface area (Å²) >= 11 is 0. The predicted molar refractivity (Wildman–Crippen MR) is 73.0 cm³/mol. The van der Waals surface area contributed by atoms with Crippen molar-refractivity contribution in [2.45, 2.75) is 38.6 Å². The van der Waals surface area contributed by atoms with E-state index in [9.17, 15) is 4.79 Å². The number of likely N-dealkylation sites (N-methyl/N-ethyl adjacent to an activating group) is 1. The number of piperidine rings is 1. The first kappa shape index (κ1) is 14.0. The number of hydrogen-bond acceptors (Lipinski definition) is 4. The van der Waals surface area contributed by atoms with Crippen molar-refractivity contribution >= 4 is 5.91 Å². The summed E-state index contributed by atoms with van der Waals surface area (Å²) in [5, 5.41) is 6.88. The van der Waals surface area contributed by atoms with Gasteiger partial charge in [0, 0.05) is 25.6 Å². The molecule has 0 saturated carbocycles. The van der Waals surface area contributed by atoms with Crippen molar-refractivity contribution < 1.29 is 4.79 Å². The predicted octanol–water partition coefficient (Wildman–Crippen LogP) is 0.923. The number of nitrogens with one attached hydrogen (secondary N) is 1. The van der Waals surface area contributed by atoms with Gasteiger partial charge in [0.05, 0.1) is 0 Å². The molecule has 2 rings (SSSR count). The Kier molecular flexibility index (Phi) is 4.52. The zero-order chi connectivity index (χ0) is 13.8. The van der Waals surface area contributed by atoms with E-state index in [4.69, 9.17) is 0 Å². The highest BCUT2D eigenvalue weighted by molar-refractivity contribution is 5.90. The molecule has 0 radical (unpaired) electrons. The van der Waals surface area contributed by atoms with E-state index in [2.05, 4.69) is 41.1 Å².